The molecule has 0 N–H and O–H groups in total. The molecule has 1 unspecified atom stereocenters. The third kappa shape index (κ3) is 2.68. The minimum absolute atomic E-state index is 0.123. The number of rotatable bonds is 5. The molecule has 3 rings (SSSR count). The molecule has 0 saturated heterocycles. The van der Waals surface area contributed by atoms with Crippen molar-refractivity contribution in [3.8, 4) is 0 Å². The summed E-state index contributed by atoms with van der Waals surface area (Å²) in [4.78, 5) is 4.73. The Morgan fingerprint density at radius 3 is 2.41 bits per heavy atom. The van der Waals surface area contributed by atoms with Gasteiger partial charge < -0.3 is 9.26 Å². The van der Waals surface area contributed by atoms with Crippen molar-refractivity contribution in [2.75, 3.05) is 7.11 Å². The third-order valence-electron chi connectivity index (χ3n) is 4.74. The molecule has 4 heteroatoms. The van der Waals surface area contributed by atoms with Crippen molar-refractivity contribution in [2.45, 2.75) is 51.0 Å². The van der Waals surface area contributed by atoms with Gasteiger partial charge in [-0.1, -0.05) is 49.3 Å². The fraction of sp³-hybridized carbons (Fsp3) is 0.556. The topological polar surface area (TPSA) is 48.2 Å². The summed E-state index contributed by atoms with van der Waals surface area (Å²) in [5.74, 6) is 1.92. The summed E-state index contributed by atoms with van der Waals surface area (Å²) in [6, 6.07) is 10.4. The Morgan fingerprint density at radius 1 is 1.14 bits per heavy atom. The first-order valence-corrected chi connectivity index (χ1v) is 8.10. The van der Waals surface area contributed by atoms with Crippen molar-refractivity contribution in [3.05, 3.63) is 47.6 Å². The van der Waals surface area contributed by atoms with Gasteiger partial charge in [-0.15, -0.1) is 0 Å². The number of hydrogen-bond donors (Lipinski definition) is 0. The Bertz CT molecular complexity index is 601. The van der Waals surface area contributed by atoms with E-state index < -0.39 is 0 Å². The standard InChI is InChI=1S/C18H24N2O2/c1-13(2)15(14-9-5-4-6-10-14)16-19-17(20-22-16)18(21-3)11-7-8-12-18/h4-6,9-10,13,15H,7-8,11-12H2,1-3H3. The van der Waals surface area contributed by atoms with Gasteiger partial charge in [-0.2, -0.15) is 4.98 Å². The highest BCUT2D eigenvalue weighted by molar-refractivity contribution is 5.25. The van der Waals surface area contributed by atoms with Crippen LogP contribution in [-0.2, 0) is 10.3 Å². The monoisotopic (exact) mass is 300 g/mol. The minimum atomic E-state index is -0.347. The molecular weight excluding hydrogens is 276 g/mol. The summed E-state index contributed by atoms with van der Waals surface area (Å²) in [5, 5.41) is 4.26. The lowest BCUT2D eigenvalue weighted by Crippen LogP contribution is -2.26. The lowest BCUT2D eigenvalue weighted by Gasteiger charge is -2.23. The number of ether oxygens (including phenoxy) is 1. The zero-order chi connectivity index (χ0) is 15.6. The van der Waals surface area contributed by atoms with E-state index in [1.165, 1.54) is 5.56 Å². The highest BCUT2D eigenvalue weighted by Gasteiger charge is 2.41. The third-order valence-corrected chi connectivity index (χ3v) is 4.74. The SMILES string of the molecule is COC1(c2noc(C(c3ccccc3)C(C)C)n2)CCCC1. The summed E-state index contributed by atoms with van der Waals surface area (Å²) in [6.07, 6.45) is 4.26. The molecule has 0 radical (unpaired) electrons. The van der Waals surface area contributed by atoms with E-state index in [9.17, 15) is 0 Å². The Morgan fingerprint density at radius 2 is 1.82 bits per heavy atom. The number of hydrogen-bond acceptors (Lipinski definition) is 4. The quantitative estimate of drug-likeness (QED) is 0.827. The van der Waals surface area contributed by atoms with Gasteiger partial charge in [-0.05, 0) is 37.2 Å². The molecular formula is C18H24N2O2. The van der Waals surface area contributed by atoms with E-state index in [0.29, 0.717) is 17.6 Å². The average Bonchev–Trinajstić information content (AvgIpc) is 3.18. The molecule has 0 bridgehead atoms. The molecule has 1 aromatic heterocycles. The van der Waals surface area contributed by atoms with Crippen LogP contribution >= 0.6 is 0 Å². The van der Waals surface area contributed by atoms with E-state index in [4.69, 9.17) is 14.2 Å². The van der Waals surface area contributed by atoms with Crippen LogP contribution in [0.25, 0.3) is 0 Å². The first-order chi connectivity index (χ1) is 10.7. The van der Waals surface area contributed by atoms with Crippen LogP contribution in [0.15, 0.2) is 34.9 Å². The lowest BCUT2D eigenvalue weighted by molar-refractivity contribution is -0.0178. The Hall–Kier alpha value is -1.68. The summed E-state index contributed by atoms with van der Waals surface area (Å²) in [6.45, 7) is 4.37. The van der Waals surface area contributed by atoms with E-state index in [1.54, 1.807) is 7.11 Å². The summed E-state index contributed by atoms with van der Waals surface area (Å²) >= 11 is 0. The largest absolute Gasteiger partial charge is 0.370 e. The number of benzene rings is 1. The van der Waals surface area contributed by atoms with Gasteiger partial charge in [0.25, 0.3) is 0 Å². The van der Waals surface area contributed by atoms with Crippen LogP contribution in [-0.4, -0.2) is 17.3 Å². The summed E-state index contributed by atoms with van der Waals surface area (Å²) in [5.41, 5.74) is 0.866. The fourth-order valence-electron chi connectivity index (χ4n) is 3.48. The van der Waals surface area contributed by atoms with E-state index >= 15 is 0 Å². The van der Waals surface area contributed by atoms with Crippen molar-refractivity contribution in [2.24, 2.45) is 5.92 Å². The molecule has 1 atom stereocenters. The predicted molar refractivity (Wildman–Crippen MR) is 84.6 cm³/mol. The molecule has 1 aliphatic rings. The molecule has 1 fully saturated rings. The molecule has 1 aromatic carbocycles. The van der Waals surface area contributed by atoms with Gasteiger partial charge in [0.15, 0.2) is 0 Å². The fourth-order valence-corrected chi connectivity index (χ4v) is 3.48. The highest BCUT2D eigenvalue weighted by Crippen LogP contribution is 2.41. The zero-order valence-electron chi connectivity index (χ0n) is 13.6. The van der Waals surface area contributed by atoms with Crippen LogP contribution in [0.5, 0.6) is 0 Å². The molecule has 22 heavy (non-hydrogen) atoms. The van der Waals surface area contributed by atoms with Gasteiger partial charge in [0.2, 0.25) is 11.7 Å². The van der Waals surface area contributed by atoms with E-state index in [2.05, 4.69) is 43.3 Å². The number of aromatic nitrogens is 2. The van der Waals surface area contributed by atoms with Gasteiger partial charge in [0.05, 0.1) is 5.92 Å². The number of nitrogens with zero attached hydrogens (tertiary/aromatic N) is 2. The maximum atomic E-state index is 5.76. The molecule has 4 nitrogen and oxygen atoms in total. The molecule has 1 aliphatic carbocycles. The van der Waals surface area contributed by atoms with Crippen LogP contribution in [0.1, 0.15) is 62.7 Å². The predicted octanol–water partition coefficient (Wildman–Crippen LogP) is 4.27. The minimum Gasteiger partial charge on any atom is -0.370 e. The second-order valence-corrected chi connectivity index (χ2v) is 6.49. The molecule has 0 amide bonds. The van der Waals surface area contributed by atoms with Crippen LogP contribution in [0.4, 0.5) is 0 Å². The summed E-state index contributed by atoms with van der Waals surface area (Å²) in [7, 11) is 1.75. The van der Waals surface area contributed by atoms with E-state index in [0.717, 1.165) is 25.7 Å². The zero-order valence-corrected chi connectivity index (χ0v) is 13.6. The Labute approximate surface area is 131 Å². The van der Waals surface area contributed by atoms with E-state index in [-0.39, 0.29) is 11.5 Å². The van der Waals surface area contributed by atoms with Crippen molar-refractivity contribution >= 4 is 0 Å². The van der Waals surface area contributed by atoms with Crippen LogP contribution in [0.3, 0.4) is 0 Å². The normalized spacial score (nSPS) is 18.7. The maximum absolute atomic E-state index is 5.76. The molecule has 0 aliphatic heterocycles. The Balaban J connectivity index is 1.94. The van der Waals surface area contributed by atoms with Gasteiger partial charge in [0, 0.05) is 7.11 Å². The van der Waals surface area contributed by atoms with Crippen molar-refractivity contribution in [3.63, 3.8) is 0 Å². The molecule has 1 heterocycles. The van der Waals surface area contributed by atoms with Crippen molar-refractivity contribution in [1.82, 2.24) is 10.1 Å². The second-order valence-electron chi connectivity index (χ2n) is 6.49. The number of methoxy groups -OCH3 is 1. The lowest BCUT2D eigenvalue weighted by atomic mass is 9.88. The molecule has 0 spiro atoms. The van der Waals surface area contributed by atoms with Crippen LogP contribution in [0, 0.1) is 5.92 Å². The molecule has 118 valence electrons. The first-order valence-electron chi connectivity index (χ1n) is 8.10. The van der Waals surface area contributed by atoms with Crippen LogP contribution < -0.4 is 0 Å². The van der Waals surface area contributed by atoms with Crippen molar-refractivity contribution in [1.29, 1.82) is 0 Å². The molecule has 2 aromatic rings. The average molecular weight is 300 g/mol. The molecule has 1 saturated carbocycles. The van der Waals surface area contributed by atoms with Crippen LogP contribution in [0.2, 0.25) is 0 Å². The van der Waals surface area contributed by atoms with E-state index in [1.807, 2.05) is 6.07 Å². The van der Waals surface area contributed by atoms with Gasteiger partial charge in [-0.25, -0.2) is 0 Å². The maximum Gasteiger partial charge on any atom is 0.234 e. The second kappa shape index (κ2) is 6.21. The van der Waals surface area contributed by atoms with Gasteiger partial charge in [0.1, 0.15) is 5.60 Å². The smallest absolute Gasteiger partial charge is 0.234 e. The van der Waals surface area contributed by atoms with Gasteiger partial charge in [-0.3, -0.25) is 0 Å². The first kappa shape index (κ1) is 15.2. The Kier molecular flexibility index (Phi) is 4.30. The van der Waals surface area contributed by atoms with Crippen molar-refractivity contribution < 1.29 is 9.26 Å². The summed E-state index contributed by atoms with van der Waals surface area (Å²) < 4.78 is 11.4. The van der Waals surface area contributed by atoms with Gasteiger partial charge >= 0.3 is 0 Å². The highest BCUT2D eigenvalue weighted by atomic mass is 16.5.